The van der Waals surface area contributed by atoms with Crippen LogP contribution in [0.15, 0.2) is 4.34 Å². The third-order valence-corrected chi connectivity index (χ3v) is 4.30. The molecule has 0 saturated carbocycles. The molecule has 9 heteroatoms. The number of halogens is 3. The van der Waals surface area contributed by atoms with Crippen molar-refractivity contribution in [2.24, 2.45) is 0 Å². The van der Waals surface area contributed by atoms with Crippen LogP contribution in [-0.4, -0.2) is 39.2 Å². The molecule has 0 amide bonds. The molecule has 1 heterocycles. The fraction of sp³-hybridized carbons (Fsp3) is 0.556. The van der Waals surface area contributed by atoms with Gasteiger partial charge in [0, 0.05) is 10.6 Å². The van der Waals surface area contributed by atoms with Gasteiger partial charge >= 0.3 is 12.1 Å². The van der Waals surface area contributed by atoms with Gasteiger partial charge in [-0.15, -0.1) is 11.3 Å². The Kier molecular flexibility index (Phi) is 5.00. The zero-order chi connectivity index (χ0) is 13.9. The molecule has 0 saturated heterocycles. The molecule has 1 unspecified atom stereocenters. The Morgan fingerprint density at radius 2 is 2.17 bits per heavy atom. The number of aromatic nitrogens is 1. The van der Waals surface area contributed by atoms with E-state index >= 15 is 0 Å². The maximum absolute atomic E-state index is 12.1. The number of nitrogens with zero attached hydrogens (tertiary/aromatic N) is 1. The van der Waals surface area contributed by atoms with Crippen molar-refractivity contribution in [3.05, 3.63) is 10.6 Å². The van der Waals surface area contributed by atoms with Gasteiger partial charge < -0.3 is 10.2 Å². The van der Waals surface area contributed by atoms with E-state index in [1.807, 2.05) is 0 Å². The van der Waals surface area contributed by atoms with Crippen LogP contribution in [-0.2, 0) is 11.2 Å². The van der Waals surface area contributed by atoms with Crippen molar-refractivity contribution in [2.45, 2.75) is 30.0 Å². The molecule has 1 rings (SSSR count). The van der Waals surface area contributed by atoms with Crippen molar-refractivity contribution in [1.82, 2.24) is 4.98 Å². The molecule has 18 heavy (non-hydrogen) atoms. The summed E-state index contributed by atoms with van der Waals surface area (Å²) in [5.41, 5.74) is 0.492. The van der Waals surface area contributed by atoms with Crippen molar-refractivity contribution in [2.75, 3.05) is 5.75 Å². The molecule has 0 aliphatic heterocycles. The Morgan fingerprint density at radius 1 is 1.56 bits per heavy atom. The second kappa shape index (κ2) is 5.89. The predicted octanol–water partition coefficient (Wildman–Crippen LogP) is 2.09. The summed E-state index contributed by atoms with van der Waals surface area (Å²) in [6.45, 7) is 1.60. The Balaban J connectivity index is 2.61. The smallest absolute Gasteiger partial charge is 0.415 e. The van der Waals surface area contributed by atoms with Crippen molar-refractivity contribution in [3.63, 3.8) is 0 Å². The van der Waals surface area contributed by atoms with Crippen LogP contribution in [0.3, 0.4) is 0 Å². The van der Waals surface area contributed by atoms with Crippen LogP contribution in [0.1, 0.15) is 10.6 Å². The summed E-state index contributed by atoms with van der Waals surface area (Å²) in [6.07, 6.45) is -7.26. The maximum atomic E-state index is 12.1. The molecule has 0 aliphatic rings. The average Bonchev–Trinajstić information content (AvgIpc) is 2.54. The molecule has 2 N–H and O–H groups in total. The third kappa shape index (κ3) is 4.46. The minimum atomic E-state index is -4.65. The van der Waals surface area contributed by atoms with E-state index in [2.05, 4.69) is 4.98 Å². The van der Waals surface area contributed by atoms with E-state index in [0.29, 0.717) is 14.9 Å². The molecule has 0 aliphatic carbocycles. The summed E-state index contributed by atoms with van der Waals surface area (Å²) in [6, 6.07) is 0. The maximum Gasteiger partial charge on any atom is 0.415 e. The number of aliphatic hydroxyl groups excluding tert-OH is 1. The summed E-state index contributed by atoms with van der Waals surface area (Å²) in [5, 5.41) is 17.4. The van der Waals surface area contributed by atoms with Crippen LogP contribution >= 0.6 is 23.1 Å². The highest BCUT2D eigenvalue weighted by Crippen LogP contribution is 2.31. The minimum Gasteiger partial charge on any atom is -0.481 e. The monoisotopic (exact) mass is 301 g/mol. The number of hydrogen-bond donors (Lipinski definition) is 2. The molecule has 0 spiro atoms. The van der Waals surface area contributed by atoms with Crippen molar-refractivity contribution >= 4 is 29.1 Å². The number of rotatable bonds is 5. The van der Waals surface area contributed by atoms with Crippen molar-refractivity contribution < 1.29 is 28.2 Å². The number of aliphatic hydroxyl groups is 1. The molecule has 4 nitrogen and oxygen atoms in total. The molecule has 0 radical (unpaired) electrons. The summed E-state index contributed by atoms with van der Waals surface area (Å²) in [4.78, 5) is 15.0. The van der Waals surface area contributed by atoms with Gasteiger partial charge in [-0.1, -0.05) is 11.8 Å². The number of carboxylic acids is 1. The molecule has 102 valence electrons. The number of aliphatic carboxylic acids is 1. The van der Waals surface area contributed by atoms with E-state index in [4.69, 9.17) is 10.2 Å². The molecule has 1 aromatic rings. The van der Waals surface area contributed by atoms with Crippen LogP contribution in [0, 0.1) is 6.92 Å². The molecule has 0 aromatic carbocycles. The number of thiazole rings is 1. The lowest BCUT2D eigenvalue weighted by molar-refractivity contribution is -0.195. The lowest BCUT2D eigenvalue weighted by Gasteiger charge is -2.12. The molecule has 1 aromatic heterocycles. The van der Waals surface area contributed by atoms with E-state index in [1.165, 1.54) is 0 Å². The number of carboxylic acid groups (broad SMARTS) is 1. The Hall–Kier alpha value is -0.800. The number of alkyl halides is 3. The van der Waals surface area contributed by atoms with Gasteiger partial charge in [0.25, 0.3) is 0 Å². The highest BCUT2D eigenvalue weighted by Gasteiger charge is 2.38. The first kappa shape index (κ1) is 15.3. The van der Waals surface area contributed by atoms with Gasteiger partial charge in [-0.3, -0.25) is 4.79 Å². The Morgan fingerprint density at radius 3 is 2.67 bits per heavy atom. The summed E-state index contributed by atoms with van der Waals surface area (Å²) in [7, 11) is 0. The molecular weight excluding hydrogens is 291 g/mol. The van der Waals surface area contributed by atoms with Crippen LogP contribution in [0.4, 0.5) is 13.2 Å². The van der Waals surface area contributed by atoms with Gasteiger partial charge in [-0.25, -0.2) is 4.98 Å². The first-order valence-electron chi connectivity index (χ1n) is 4.76. The van der Waals surface area contributed by atoms with Crippen molar-refractivity contribution in [1.29, 1.82) is 0 Å². The largest absolute Gasteiger partial charge is 0.481 e. The van der Waals surface area contributed by atoms with Gasteiger partial charge in [0.05, 0.1) is 12.1 Å². The number of thioether (sulfide) groups is 1. The molecular formula is C9H10F3NO3S2. The quantitative estimate of drug-likeness (QED) is 0.815. The first-order valence-corrected chi connectivity index (χ1v) is 6.56. The van der Waals surface area contributed by atoms with Crippen molar-refractivity contribution in [3.8, 4) is 0 Å². The first-order chi connectivity index (χ1) is 8.20. The summed E-state index contributed by atoms with van der Waals surface area (Å²) in [5.74, 6) is -1.57. The normalized spacial score (nSPS) is 13.6. The summed E-state index contributed by atoms with van der Waals surface area (Å²) < 4.78 is 36.5. The third-order valence-electron chi connectivity index (χ3n) is 1.93. The number of aryl methyl sites for hydroxylation is 1. The predicted molar refractivity (Wildman–Crippen MR) is 61.0 cm³/mol. The molecule has 0 fully saturated rings. The van der Waals surface area contributed by atoms with E-state index in [-0.39, 0.29) is 6.42 Å². The summed E-state index contributed by atoms with van der Waals surface area (Å²) >= 11 is 1.79. The lowest BCUT2D eigenvalue weighted by Crippen LogP contribution is -2.30. The van der Waals surface area contributed by atoms with Gasteiger partial charge in [-0.05, 0) is 6.92 Å². The van der Waals surface area contributed by atoms with Gasteiger partial charge in [-0.2, -0.15) is 13.2 Å². The topological polar surface area (TPSA) is 70.4 Å². The lowest BCUT2D eigenvalue weighted by atomic mass is 10.3. The Bertz CT molecular complexity index is 433. The van der Waals surface area contributed by atoms with Crippen LogP contribution in [0.25, 0.3) is 0 Å². The fourth-order valence-electron chi connectivity index (χ4n) is 1.01. The second-order valence-corrected chi connectivity index (χ2v) is 5.78. The van der Waals surface area contributed by atoms with Gasteiger partial charge in [0.15, 0.2) is 6.10 Å². The number of carbonyl (C=O) groups is 1. The standard InChI is InChI=1S/C9H10F3NO3S2/c1-4-5(2-7(15)16)18-8(13-4)17-3-6(14)9(10,11)12/h6,14H,2-3H2,1H3,(H,15,16). The fourth-order valence-corrected chi connectivity index (χ4v) is 3.22. The number of hydrogen-bond acceptors (Lipinski definition) is 5. The zero-order valence-electron chi connectivity index (χ0n) is 9.19. The van der Waals surface area contributed by atoms with Crippen LogP contribution < -0.4 is 0 Å². The second-order valence-electron chi connectivity index (χ2n) is 3.43. The van der Waals surface area contributed by atoms with E-state index in [9.17, 15) is 18.0 Å². The zero-order valence-corrected chi connectivity index (χ0v) is 10.8. The highest BCUT2D eigenvalue weighted by atomic mass is 32.2. The molecule has 0 bridgehead atoms. The van der Waals surface area contributed by atoms with E-state index < -0.39 is 24.0 Å². The SMILES string of the molecule is Cc1nc(SCC(O)C(F)(F)F)sc1CC(=O)O. The van der Waals surface area contributed by atoms with E-state index in [0.717, 1.165) is 23.1 Å². The Labute approximate surface area is 109 Å². The van der Waals surface area contributed by atoms with Gasteiger partial charge in [0.2, 0.25) is 0 Å². The minimum absolute atomic E-state index is 0.202. The highest BCUT2D eigenvalue weighted by molar-refractivity contribution is 8.01. The van der Waals surface area contributed by atoms with Gasteiger partial charge in [0.1, 0.15) is 4.34 Å². The van der Waals surface area contributed by atoms with Crippen LogP contribution in [0.5, 0.6) is 0 Å². The van der Waals surface area contributed by atoms with E-state index in [1.54, 1.807) is 6.92 Å². The van der Waals surface area contributed by atoms with Crippen LogP contribution in [0.2, 0.25) is 0 Å². The average molecular weight is 301 g/mol. The molecule has 1 atom stereocenters.